The largest absolute Gasteiger partial charge is 0.497 e. The number of nitrogen functional groups attached to an aromatic ring is 1. The van der Waals surface area contributed by atoms with Crippen molar-refractivity contribution in [2.24, 2.45) is 0 Å². The summed E-state index contributed by atoms with van der Waals surface area (Å²) < 4.78 is 16.2. The van der Waals surface area contributed by atoms with Crippen molar-refractivity contribution in [2.75, 3.05) is 19.5 Å². The Morgan fingerprint density at radius 2 is 1.58 bits per heavy atom. The summed E-state index contributed by atoms with van der Waals surface area (Å²) in [6.07, 6.45) is 0. The highest BCUT2D eigenvalue weighted by molar-refractivity contribution is 5.57. The molecule has 0 bridgehead atoms. The van der Waals surface area contributed by atoms with Gasteiger partial charge in [-0.1, -0.05) is 0 Å². The average molecular weight is 259 g/mol. The van der Waals surface area contributed by atoms with Gasteiger partial charge in [0.15, 0.2) is 5.75 Å². The summed E-state index contributed by atoms with van der Waals surface area (Å²) in [5.41, 5.74) is 6.43. The third kappa shape index (κ3) is 3.31. The van der Waals surface area contributed by atoms with Crippen LogP contribution in [0.4, 0.5) is 5.69 Å². The molecule has 0 saturated carbocycles. The van der Waals surface area contributed by atoms with Crippen LogP contribution in [0.15, 0.2) is 42.5 Å². The lowest BCUT2D eigenvalue weighted by molar-refractivity contribution is 0.339. The predicted octanol–water partition coefficient (Wildman–Crippen LogP) is 3.47. The second-order valence-corrected chi connectivity index (χ2v) is 3.91. The Kier molecular flexibility index (Phi) is 4.13. The van der Waals surface area contributed by atoms with E-state index in [4.69, 9.17) is 19.9 Å². The molecule has 4 nitrogen and oxygen atoms in total. The Balaban J connectivity index is 2.16. The van der Waals surface area contributed by atoms with E-state index < -0.39 is 0 Å². The van der Waals surface area contributed by atoms with Crippen LogP contribution in [0.1, 0.15) is 6.92 Å². The number of methoxy groups -OCH3 is 1. The predicted molar refractivity (Wildman–Crippen MR) is 75.1 cm³/mol. The molecule has 2 N–H and O–H groups in total. The van der Waals surface area contributed by atoms with Crippen LogP contribution in [0, 0.1) is 0 Å². The van der Waals surface area contributed by atoms with E-state index in [-0.39, 0.29) is 0 Å². The number of hydrogen-bond donors (Lipinski definition) is 1. The van der Waals surface area contributed by atoms with Gasteiger partial charge in [0, 0.05) is 6.07 Å². The molecule has 0 heterocycles. The van der Waals surface area contributed by atoms with Crippen molar-refractivity contribution in [2.45, 2.75) is 6.92 Å². The van der Waals surface area contributed by atoms with E-state index in [9.17, 15) is 0 Å². The van der Waals surface area contributed by atoms with Crippen molar-refractivity contribution in [3.05, 3.63) is 42.5 Å². The maximum absolute atomic E-state index is 5.86. The summed E-state index contributed by atoms with van der Waals surface area (Å²) in [7, 11) is 1.60. The summed E-state index contributed by atoms with van der Waals surface area (Å²) >= 11 is 0. The van der Waals surface area contributed by atoms with Gasteiger partial charge in [-0.3, -0.25) is 0 Å². The Hall–Kier alpha value is -2.36. The van der Waals surface area contributed by atoms with Gasteiger partial charge in [-0.2, -0.15) is 0 Å². The van der Waals surface area contributed by atoms with Gasteiger partial charge in [0.1, 0.15) is 17.2 Å². The summed E-state index contributed by atoms with van der Waals surface area (Å²) in [6.45, 7) is 2.59. The van der Waals surface area contributed by atoms with E-state index in [0.717, 1.165) is 5.75 Å². The fourth-order valence-corrected chi connectivity index (χ4v) is 1.63. The maximum Gasteiger partial charge on any atom is 0.153 e. The number of anilines is 1. The summed E-state index contributed by atoms with van der Waals surface area (Å²) in [5, 5.41) is 0. The molecule has 0 aromatic heterocycles. The normalized spacial score (nSPS) is 10.0. The zero-order valence-electron chi connectivity index (χ0n) is 11.1. The molecule has 0 saturated heterocycles. The zero-order valence-corrected chi connectivity index (χ0v) is 11.1. The van der Waals surface area contributed by atoms with E-state index in [2.05, 4.69) is 0 Å². The van der Waals surface area contributed by atoms with E-state index >= 15 is 0 Å². The summed E-state index contributed by atoms with van der Waals surface area (Å²) in [6, 6.07) is 12.7. The third-order valence-corrected chi connectivity index (χ3v) is 2.58. The molecule has 0 aliphatic carbocycles. The van der Waals surface area contributed by atoms with Gasteiger partial charge in [-0.15, -0.1) is 0 Å². The lowest BCUT2D eigenvalue weighted by atomic mass is 10.2. The van der Waals surface area contributed by atoms with Gasteiger partial charge in [0.25, 0.3) is 0 Å². The van der Waals surface area contributed by atoms with Crippen molar-refractivity contribution in [3.8, 4) is 23.0 Å². The van der Waals surface area contributed by atoms with Gasteiger partial charge in [0.2, 0.25) is 0 Å². The highest BCUT2D eigenvalue weighted by Crippen LogP contribution is 2.31. The fraction of sp³-hybridized carbons (Fsp3) is 0.200. The first-order valence-corrected chi connectivity index (χ1v) is 6.07. The zero-order chi connectivity index (χ0) is 13.7. The first kappa shape index (κ1) is 13.1. The van der Waals surface area contributed by atoms with Crippen LogP contribution in [-0.4, -0.2) is 13.7 Å². The van der Waals surface area contributed by atoms with Crippen molar-refractivity contribution < 1.29 is 14.2 Å². The molecule has 0 aliphatic heterocycles. The Labute approximate surface area is 112 Å². The standard InChI is InChI=1S/C15H17NO3/c1-3-18-11-4-6-12(7-5-11)19-15-10-13(17-2)8-9-14(15)16/h4-10H,3,16H2,1-2H3. The SMILES string of the molecule is CCOc1ccc(Oc2cc(OC)ccc2N)cc1. The first-order valence-electron chi connectivity index (χ1n) is 6.07. The van der Waals surface area contributed by atoms with Crippen LogP contribution in [-0.2, 0) is 0 Å². The van der Waals surface area contributed by atoms with Crippen molar-refractivity contribution in [3.63, 3.8) is 0 Å². The molecule has 2 rings (SSSR count). The topological polar surface area (TPSA) is 53.7 Å². The van der Waals surface area contributed by atoms with Crippen LogP contribution >= 0.6 is 0 Å². The molecule has 0 atom stereocenters. The smallest absolute Gasteiger partial charge is 0.153 e. The minimum atomic E-state index is 0.565. The number of hydrogen-bond acceptors (Lipinski definition) is 4. The molecule has 0 aliphatic rings. The van der Waals surface area contributed by atoms with E-state index in [1.54, 1.807) is 25.3 Å². The molecule has 4 heteroatoms. The van der Waals surface area contributed by atoms with Gasteiger partial charge < -0.3 is 19.9 Å². The minimum Gasteiger partial charge on any atom is -0.497 e. The van der Waals surface area contributed by atoms with Crippen LogP contribution in [0.5, 0.6) is 23.0 Å². The molecule has 0 unspecified atom stereocenters. The van der Waals surface area contributed by atoms with Crippen LogP contribution < -0.4 is 19.9 Å². The second kappa shape index (κ2) is 6.00. The molecular weight excluding hydrogens is 242 g/mol. The fourth-order valence-electron chi connectivity index (χ4n) is 1.63. The molecule has 0 fully saturated rings. The number of nitrogens with two attached hydrogens (primary N) is 1. The van der Waals surface area contributed by atoms with Crippen molar-refractivity contribution in [1.29, 1.82) is 0 Å². The molecule has 0 spiro atoms. The molecule has 100 valence electrons. The van der Waals surface area contributed by atoms with E-state index in [0.29, 0.717) is 29.5 Å². The van der Waals surface area contributed by atoms with Gasteiger partial charge in [-0.05, 0) is 43.3 Å². The molecule has 19 heavy (non-hydrogen) atoms. The number of rotatable bonds is 5. The Morgan fingerprint density at radius 3 is 2.21 bits per heavy atom. The summed E-state index contributed by atoms with van der Waals surface area (Å²) in [4.78, 5) is 0. The van der Waals surface area contributed by atoms with Gasteiger partial charge >= 0.3 is 0 Å². The van der Waals surface area contributed by atoms with Crippen LogP contribution in [0.25, 0.3) is 0 Å². The van der Waals surface area contributed by atoms with Crippen molar-refractivity contribution >= 4 is 5.69 Å². The highest BCUT2D eigenvalue weighted by atomic mass is 16.5. The maximum atomic E-state index is 5.86. The second-order valence-electron chi connectivity index (χ2n) is 3.91. The first-order chi connectivity index (χ1) is 9.22. The Morgan fingerprint density at radius 1 is 0.947 bits per heavy atom. The lowest BCUT2D eigenvalue weighted by Gasteiger charge is -2.10. The van der Waals surface area contributed by atoms with Gasteiger partial charge in [0.05, 0.1) is 19.4 Å². The van der Waals surface area contributed by atoms with Crippen LogP contribution in [0.3, 0.4) is 0 Å². The van der Waals surface area contributed by atoms with Crippen LogP contribution in [0.2, 0.25) is 0 Å². The lowest BCUT2D eigenvalue weighted by Crippen LogP contribution is -1.94. The average Bonchev–Trinajstić information content (AvgIpc) is 2.44. The minimum absolute atomic E-state index is 0.565. The molecule has 2 aromatic carbocycles. The highest BCUT2D eigenvalue weighted by Gasteiger charge is 2.04. The monoisotopic (exact) mass is 259 g/mol. The van der Waals surface area contributed by atoms with E-state index in [1.807, 2.05) is 31.2 Å². The van der Waals surface area contributed by atoms with Gasteiger partial charge in [-0.25, -0.2) is 0 Å². The number of benzene rings is 2. The van der Waals surface area contributed by atoms with E-state index in [1.165, 1.54) is 0 Å². The molecule has 2 aromatic rings. The molecule has 0 radical (unpaired) electrons. The van der Waals surface area contributed by atoms with Crippen molar-refractivity contribution in [1.82, 2.24) is 0 Å². The Bertz CT molecular complexity index is 538. The number of ether oxygens (including phenoxy) is 3. The molecular formula is C15H17NO3. The third-order valence-electron chi connectivity index (χ3n) is 2.58. The molecule has 0 amide bonds. The summed E-state index contributed by atoms with van der Waals surface area (Å²) in [5.74, 6) is 2.79. The quantitative estimate of drug-likeness (QED) is 0.835.